The summed E-state index contributed by atoms with van der Waals surface area (Å²) in [5.41, 5.74) is 0.579. The number of likely N-dealkylation sites (N-methyl/N-ethyl adjacent to an activating group) is 1. The van der Waals surface area contributed by atoms with Crippen molar-refractivity contribution in [2.45, 2.75) is 13.8 Å². The van der Waals surface area contributed by atoms with Crippen LogP contribution in [0.25, 0.3) is 10.2 Å². The van der Waals surface area contributed by atoms with Gasteiger partial charge in [0, 0.05) is 31.6 Å². The number of rotatable bonds is 4. The summed E-state index contributed by atoms with van der Waals surface area (Å²) in [6.45, 7) is 9.29. The molecule has 3 heterocycles. The van der Waals surface area contributed by atoms with Crippen LogP contribution in [-0.4, -0.2) is 60.2 Å². The van der Waals surface area contributed by atoms with E-state index in [1.165, 1.54) is 11.3 Å². The van der Waals surface area contributed by atoms with Gasteiger partial charge in [0.05, 0.1) is 17.6 Å². The first-order chi connectivity index (χ1) is 10.7. The average Bonchev–Trinajstić information content (AvgIpc) is 2.99. The summed E-state index contributed by atoms with van der Waals surface area (Å²) in [7, 11) is 0. The monoisotopic (exact) mass is 320 g/mol. The molecule has 0 radical (unpaired) electrons. The summed E-state index contributed by atoms with van der Waals surface area (Å²) in [5.74, 6) is 0.557. The highest BCUT2D eigenvalue weighted by Crippen LogP contribution is 2.32. The molecule has 118 valence electrons. The molecule has 0 aromatic carbocycles. The van der Waals surface area contributed by atoms with E-state index < -0.39 is 0 Å². The molecule has 1 aliphatic heterocycles. The van der Waals surface area contributed by atoms with E-state index in [0.29, 0.717) is 12.2 Å². The smallest absolute Gasteiger partial charge is 0.339 e. The topological polar surface area (TPSA) is 58.6 Å². The van der Waals surface area contributed by atoms with Gasteiger partial charge in [-0.15, -0.1) is 11.3 Å². The molecular formula is C15H20N4O2S. The molecule has 22 heavy (non-hydrogen) atoms. The first kappa shape index (κ1) is 15.2. The van der Waals surface area contributed by atoms with Gasteiger partial charge >= 0.3 is 5.97 Å². The van der Waals surface area contributed by atoms with Gasteiger partial charge in [-0.25, -0.2) is 14.8 Å². The normalized spacial score (nSPS) is 16.2. The minimum absolute atomic E-state index is 0.294. The van der Waals surface area contributed by atoms with Gasteiger partial charge in [0.1, 0.15) is 17.0 Å². The number of piperazine rings is 1. The summed E-state index contributed by atoms with van der Waals surface area (Å²) in [5, 5.41) is 2.65. The lowest BCUT2D eigenvalue weighted by Crippen LogP contribution is -2.46. The molecule has 0 N–H and O–H groups in total. The maximum atomic E-state index is 12.2. The first-order valence-corrected chi connectivity index (χ1v) is 8.49. The number of thiophene rings is 1. The van der Waals surface area contributed by atoms with Crippen LogP contribution < -0.4 is 4.90 Å². The van der Waals surface area contributed by atoms with Crippen LogP contribution in [0.1, 0.15) is 24.2 Å². The van der Waals surface area contributed by atoms with Crippen LogP contribution in [0.2, 0.25) is 0 Å². The van der Waals surface area contributed by atoms with Crippen LogP contribution in [0.5, 0.6) is 0 Å². The van der Waals surface area contributed by atoms with E-state index in [-0.39, 0.29) is 5.97 Å². The molecule has 0 unspecified atom stereocenters. The number of fused-ring (bicyclic) bond motifs is 1. The standard InChI is InChI=1S/C15H20N4O2S/c1-3-18-5-7-19(8-6-18)13-12-11(15(20)21-4-2)9-22-14(12)17-10-16-13/h9-10H,3-8H2,1-2H3. The lowest BCUT2D eigenvalue weighted by atomic mass is 10.2. The van der Waals surface area contributed by atoms with E-state index in [1.54, 1.807) is 6.33 Å². The van der Waals surface area contributed by atoms with Gasteiger partial charge in [-0.3, -0.25) is 0 Å². The summed E-state index contributed by atoms with van der Waals surface area (Å²) < 4.78 is 5.16. The number of anilines is 1. The second-order valence-corrected chi connectivity index (χ2v) is 6.03. The van der Waals surface area contributed by atoms with Gasteiger partial charge in [0.25, 0.3) is 0 Å². The molecule has 1 fully saturated rings. The Balaban J connectivity index is 1.95. The Bertz CT molecular complexity index is 665. The van der Waals surface area contributed by atoms with Crippen molar-refractivity contribution in [1.29, 1.82) is 0 Å². The van der Waals surface area contributed by atoms with Crippen LogP contribution in [-0.2, 0) is 4.74 Å². The van der Waals surface area contributed by atoms with E-state index in [0.717, 1.165) is 48.8 Å². The van der Waals surface area contributed by atoms with Gasteiger partial charge < -0.3 is 14.5 Å². The van der Waals surface area contributed by atoms with Crippen LogP contribution in [0.4, 0.5) is 5.82 Å². The molecule has 0 saturated carbocycles. The van der Waals surface area contributed by atoms with E-state index in [4.69, 9.17) is 4.74 Å². The largest absolute Gasteiger partial charge is 0.462 e. The van der Waals surface area contributed by atoms with Crippen molar-refractivity contribution >= 4 is 33.3 Å². The molecule has 0 spiro atoms. The zero-order valence-corrected chi connectivity index (χ0v) is 13.7. The highest BCUT2D eigenvalue weighted by Gasteiger charge is 2.23. The van der Waals surface area contributed by atoms with Crippen LogP contribution in [0.15, 0.2) is 11.7 Å². The van der Waals surface area contributed by atoms with Crippen molar-refractivity contribution in [1.82, 2.24) is 14.9 Å². The highest BCUT2D eigenvalue weighted by atomic mass is 32.1. The Morgan fingerprint density at radius 1 is 1.27 bits per heavy atom. The lowest BCUT2D eigenvalue weighted by Gasteiger charge is -2.35. The number of carbonyl (C=O) groups is 1. The number of nitrogens with zero attached hydrogens (tertiary/aromatic N) is 4. The molecule has 1 aliphatic rings. The van der Waals surface area contributed by atoms with Crippen LogP contribution in [0, 0.1) is 0 Å². The second kappa shape index (κ2) is 6.58. The van der Waals surface area contributed by atoms with E-state index in [1.807, 2.05) is 12.3 Å². The predicted molar refractivity (Wildman–Crippen MR) is 87.7 cm³/mol. The molecule has 0 aliphatic carbocycles. The fraction of sp³-hybridized carbons (Fsp3) is 0.533. The second-order valence-electron chi connectivity index (χ2n) is 5.17. The SMILES string of the molecule is CCOC(=O)c1csc2ncnc(N3CCN(CC)CC3)c12. The minimum Gasteiger partial charge on any atom is -0.462 e. The van der Waals surface area contributed by atoms with Crippen LogP contribution in [0.3, 0.4) is 0 Å². The first-order valence-electron chi connectivity index (χ1n) is 7.61. The quantitative estimate of drug-likeness (QED) is 0.803. The summed E-state index contributed by atoms with van der Waals surface area (Å²) in [6, 6.07) is 0. The molecule has 1 saturated heterocycles. The Morgan fingerprint density at radius 2 is 2.05 bits per heavy atom. The van der Waals surface area contributed by atoms with Crippen molar-refractivity contribution in [3.63, 3.8) is 0 Å². The van der Waals surface area contributed by atoms with Gasteiger partial charge in [0.2, 0.25) is 0 Å². The molecule has 2 aromatic heterocycles. The maximum Gasteiger partial charge on any atom is 0.339 e. The van der Waals surface area contributed by atoms with E-state index in [9.17, 15) is 4.79 Å². The van der Waals surface area contributed by atoms with Crippen molar-refractivity contribution in [2.75, 3.05) is 44.2 Å². The lowest BCUT2D eigenvalue weighted by molar-refractivity contribution is 0.0529. The minimum atomic E-state index is -0.294. The van der Waals surface area contributed by atoms with E-state index >= 15 is 0 Å². The number of aromatic nitrogens is 2. The molecule has 0 atom stereocenters. The molecule has 0 amide bonds. The molecule has 2 aromatic rings. The number of hydrogen-bond donors (Lipinski definition) is 0. The van der Waals surface area contributed by atoms with Crippen molar-refractivity contribution < 1.29 is 9.53 Å². The summed E-state index contributed by atoms with van der Waals surface area (Å²) in [6.07, 6.45) is 1.58. The zero-order chi connectivity index (χ0) is 15.5. The summed E-state index contributed by atoms with van der Waals surface area (Å²) in [4.78, 5) is 26.4. The highest BCUT2D eigenvalue weighted by molar-refractivity contribution is 7.17. The molecular weight excluding hydrogens is 300 g/mol. The Hall–Kier alpha value is -1.73. The van der Waals surface area contributed by atoms with Gasteiger partial charge in [0.15, 0.2) is 0 Å². The fourth-order valence-electron chi connectivity index (χ4n) is 2.73. The van der Waals surface area contributed by atoms with Crippen molar-refractivity contribution in [3.8, 4) is 0 Å². The van der Waals surface area contributed by atoms with Crippen LogP contribution >= 0.6 is 11.3 Å². The Kier molecular flexibility index (Phi) is 4.54. The third-order valence-corrected chi connectivity index (χ3v) is 4.85. The van der Waals surface area contributed by atoms with Crippen molar-refractivity contribution in [3.05, 3.63) is 17.3 Å². The molecule has 7 heteroatoms. The van der Waals surface area contributed by atoms with E-state index in [2.05, 4.69) is 26.7 Å². The summed E-state index contributed by atoms with van der Waals surface area (Å²) >= 11 is 1.46. The Labute approximate surface area is 133 Å². The molecule has 6 nitrogen and oxygen atoms in total. The number of hydrogen-bond acceptors (Lipinski definition) is 7. The molecule has 3 rings (SSSR count). The number of ether oxygens (including phenoxy) is 1. The van der Waals surface area contributed by atoms with Gasteiger partial charge in [-0.05, 0) is 13.5 Å². The zero-order valence-electron chi connectivity index (χ0n) is 12.9. The predicted octanol–water partition coefficient (Wildman–Crippen LogP) is 2.01. The van der Waals surface area contributed by atoms with Gasteiger partial charge in [-0.1, -0.05) is 6.92 Å². The van der Waals surface area contributed by atoms with Gasteiger partial charge in [-0.2, -0.15) is 0 Å². The number of carbonyl (C=O) groups excluding carboxylic acids is 1. The third-order valence-electron chi connectivity index (χ3n) is 3.96. The Morgan fingerprint density at radius 3 is 2.73 bits per heavy atom. The number of esters is 1. The van der Waals surface area contributed by atoms with Crippen molar-refractivity contribution in [2.24, 2.45) is 0 Å². The maximum absolute atomic E-state index is 12.2. The third kappa shape index (κ3) is 2.78. The average molecular weight is 320 g/mol. The molecule has 0 bridgehead atoms. The fourth-order valence-corrected chi connectivity index (χ4v) is 3.60.